The van der Waals surface area contributed by atoms with Crippen LogP contribution in [0.4, 0.5) is 0 Å². The predicted molar refractivity (Wildman–Crippen MR) is 152 cm³/mol. The Balaban J connectivity index is 3.27. The number of rotatable bonds is 28. The number of hydrogen-bond acceptors (Lipinski definition) is 3. The zero-order chi connectivity index (χ0) is 25.9. The maximum atomic E-state index is 11.3. The summed E-state index contributed by atoms with van der Waals surface area (Å²) >= 11 is 0. The molecule has 210 valence electrons. The molecule has 35 heavy (non-hydrogen) atoms. The number of quaternary nitrogens is 1. The van der Waals surface area contributed by atoms with Gasteiger partial charge in [-0.2, -0.15) is 0 Å². The van der Waals surface area contributed by atoms with Crippen LogP contribution in [0.25, 0.3) is 0 Å². The van der Waals surface area contributed by atoms with E-state index in [-0.39, 0.29) is 12.6 Å². The van der Waals surface area contributed by atoms with E-state index in [1.807, 2.05) is 6.92 Å². The lowest BCUT2D eigenvalue weighted by Crippen LogP contribution is -2.41. The summed E-state index contributed by atoms with van der Waals surface area (Å²) in [6.07, 6.45) is 29.6. The molecule has 0 saturated carbocycles. The molecule has 0 radical (unpaired) electrons. The summed E-state index contributed by atoms with van der Waals surface area (Å²) < 4.78 is 11.3. The lowest BCUT2D eigenvalue weighted by atomic mass is 10.0. The Bertz CT molecular complexity index is 439. The second-order valence-corrected chi connectivity index (χ2v) is 11.3. The average molecular weight is 499 g/mol. The Kier molecular flexibility index (Phi) is 26.0. The van der Waals surface area contributed by atoms with E-state index in [4.69, 9.17) is 9.47 Å². The van der Waals surface area contributed by atoms with E-state index in [0.29, 0.717) is 13.2 Å². The third-order valence-corrected chi connectivity index (χ3v) is 7.19. The summed E-state index contributed by atoms with van der Waals surface area (Å²) in [6, 6.07) is 0. The highest BCUT2D eigenvalue weighted by molar-refractivity contribution is 5.70. The van der Waals surface area contributed by atoms with Gasteiger partial charge in [0.05, 0.1) is 40.4 Å². The van der Waals surface area contributed by atoms with Crippen molar-refractivity contribution >= 4 is 5.97 Å². The lowest BCUT2D eigenvalue weighted by Gasteiger charge is -2.29. The fourth-order valence-electron chi connectivity index (χ4n) is 4.86. The molecule has 0 unspecified atom stereocenters. The number of hydrogen-bond donors (Lipinski definition) is 0. The Labute approximate surface area is 220 Å². The Morgan fingerprint density at radius 3 is 1.31 bits per heavy atom. The molecule has 0 aromatic heterocycles. The monoisotopic (exact) mass is 498 g/mol. The Morgan fingerprint density at radius 2 is 0.914 bits per heavy atom. The van der Waals surface area contributed by atoms with E-state index < -0.39 is 0 Å². The summed E-state index contributed by atoms with van der Waals surface area (Å²) in [7, 11) is 4.61. The molecule has 4 nitrogen and oxygen atoms in total. The number of esters is 1. The van der Waals surface area contributed by atoms with Crippen LogP contribution in [0.1, 0.15) is 149 Å². The minimum absolute atomic E-state index is 0.0840. The van der Waals surface area contributed by atoms with Gasteiger partial charge in [0.25, 0.3) is 0 Å². The van der Waals surface area contributed by atoms with Gasteiger partial charge in [-0.05, 0) is 19.8 Å². The van der Waals surface area contributed by atoms with Crippen molar-refractivity contribution in [3.8, 4) is 0 Å². The first kappa shape index (κ1) is 34.4. The van der Waals surface area contributed by atoms with E-state index in [1.165, 1.54) is 135 Å². The molecule has 4 heteroatoms. The molecule has 0 aliphatic carbocycles. The quantitative estimate of drug-likeness (QED) is 0.0614. The molecule has 0 N–H and O–H groups in total. The highest BCUT2D eigenvalue weighted by atomic mass is 16.6. The van der Waals surface area contributed by atoms with Crippen molar-refractivity contribution in [1.29, 1.82) is 0 Å². The van der Waals surface area contributed by atoms with Crippen LogP contribution in [0, 0.1) is 0 Å². The van der Waals surface area contributed by atoms with Crippen LogP contribution in [-0.2, 0) is 14.3 Å². The van der Waals surface area contributed by atoms with Crippen molar-refractivity contribution in [1.82, 2.24) is 0 Å². The second-order valence-electron chi connectivity index (χ2n) is 11.3. The lowest BCUT2D eigenvalue weighted by molar-refractivity contribution is -0.890. The summed E-state index contributed by atoms with van der Waals surface area (Å²) in [6.45, 7) is 7.59. The molecular weight excluding hydrogens is 434 g/mol. The molecule has 0 atom stereocenters. The first-order chi connectivity index (χ1) is 17.0. The molecule has 0 amide bonds. The van der Waals surface area contributed by atoms with Crippen LogP contribution < -0.4 is 0 Å². The SMILES string of the molecule is CCCCCCCCCCCCCCCCCCCCCC[N+](C)(C)CCCOCC(=O)OCC. The van der Waals surface area contributed by atoms with Crippen LogP contribution >= 0.6 is 0 Å². The Morgan fingerprint density at radius 1 is 0.543 bits per heavy atom. The summed E-state index contributed by atoms with van der Waals surface area (Å²) in [5.74, 6) is -0.259. The summed E-state index contributed by atoms with van der Waals surface area (Å²) in [4.78, 5) is 11.3. The molecule has 0 aromatic rings. The zero-order valence-electron chi connectivity index (χ0n) is 24.6. The zero-order valence-corrected chi connectivity index (χ0v) is 24.6. The van der Waals surface area contributed by atoms with Gasteiger partial charge in [-0.25, -0.2) is 4.79 Å². The minimum atomic E-state index is -0.259. The predicted octanol–water partition coefficient (Wildman–Crippen LogP) is 8.85. The fourth-order valence-corrected chi connectivity index (χ4v) is 4.86. The summed E-state index contributed by atoms with van der Waals surface area (Å²) in [5.41, 5.74) is 0. The molecule has 0 aliphatic rings. The van der Waals surface area contributed by atoms with E-state index in [2.05, 4.69) is 21.0 Å². The number of ether oxygens (including phenoxy) is 2. The normalized spacial score (nSPS) is 11.8. The van der Waals surface area contributed by atoms with Gasteiger partial charge in [-0.1, -0.05) is 122 Å². The molecule has 0 saturated heterocycles. The second kappa shape index (κ2) is 26.5. The topological polar surface area (TPSA) is 35.5 Å². The fraction of sp³-hybridized carbons (Fsp3) is 0.968. The summed E-state index contributed by atoms with van der Waals surface area (Å²) in [5, 5.41) is 0. The van der Waals surface area contributed by atoms with Gasteiger partial charge in [-0.3, -0.25) is 0 Å². The van der Waals surface area contributed by atoms with Crippen LogP contribution in [0.2, 0.25) is 0 Å². The highest BCUT2D eigenvalue weighted by Gasteiger charge is 2.14. The van der Waals surface area contributed by atoms with Crippen LogP contribution in [-0.4, -0.2) is 57.5 Å². The van der Waals surface area contributed by atoms with Gasteiger partial charge >= 0.3 is 5.97 Å². The molecule has 0 fully saturated rings. The van der Waals surface area contributed by atoms with Crippen molar-refractivity contribution < 1.29 is 18.8 Å². The molecular formula is C31H64NO3+. The molecule has 0 heterocycles. The van der Waals surface area contributed by atoms with Crippen molar-refractivity contribution in [2.24, 2.45) is 0 Å². The van der Waals surface area contributed by atoms with E-state index in [0.717, 1.165) is 17.4 Å². The van der Waals surface area contributed by atoms with Crippen molar-refractivity contribution in [2.75, 3.05) is 47.0 Å². The van der Waals surface area contributed by atoms with Crippen LogP contribution in [0.5, 0.6) is 0 Å². The molecule has 0 bridgehead atoms. The first-order valence-electron chi connectivity index (χ1n) is 15.6. The van der Waals surface area contributed by atoms with Crippen molar-refractivity contribution in [2.45, 2.75) is 149 Å². The Hall–Kier alpha value is -0.610. The number of carbonyl (C=O) groups is 1. The van der Waals surface area contributed by atoms with Gasteiger partial charge in [0, 0.05) is 6.42 Å². The van der Waals surface area contributed by atoms with E-state index in [1.54, 1.807) is 0 Å². The van der Waals surface area contributed by atoms with Gasteiger partial charge in [0.1, 0.15) is 6.61 Å². The van der Waals surface area contributed by atoms with E-state index >= 15 is 0 Å². The van der Waals surface area contributed by atoms with Crippen molar-refractivity contribution in [3.63, 3.8) is 0 Å². The van der Waals surface area contributed by atoms with Crippen LogP contribution in [0.15, 0.2) is 0 Å². The van der Waals surface area contributed by atoms with E-state index in [9.17, 15) is 4.79 Å². The third-order valence-electron chi connectivity index (χ3n) is 7.19. The standard InChI is InChI=1S/C31H64NO3/c1-5-7-8-9-10-11-12-13-14-15-16-17-18-19-20-21-22-23-24-25-27-32(3,4)28-26-29-34-30-31(33)35-6-2/h5-30H2,1-4H3/q+1. The molecule has 0 aromatic carbocycles. The van der Waals surface area contributed by atoms with Gasteiger partial charge in [0.2, 0.25) is 0 Å². The molecule has 0 rings (SSSR count). The van der Waals surface area contributed by atoms with Gasteiger partial charge in [0.15, 0.2) is 0 Å². The number of nitrogens with zero attached hydrogens (tertiary/aromatic N) is 1. The third kappa shape index (κ3) is 27.8. The minimum Gasteiger partial charge on any atom is -0.464 e. The van der Waals surface area contributed by atoms with Gasteiger partial charge < -0.3 is 14.0 Å². The largest absolute Gasteiger partial charge is 0.464 e. The number of unbranched alkanes of at least 4 members (excludes halogenated alkanes) is 19. The first-order valence-corrected chi connectivity index (χ1v) is 15.6. The highest BCUT2D eigenvalue weighted by Crippen LogP contribution is 2.15. The average Bonchev–Trinajstić information content (AvgIpc) is 2.82. The maximum absolute atomic E-state index is 11.3. The number of carbonyl (C=O) groups excluding carboxylic acids is 1. The van der Waals surface area contributed by atoms with Crippen molar-refractivity contribution in [3.05, 3.63) is 0 Å². The molecule has 0 aliphatic heterocycles. The van der Waals surface area contributed by atoms with Gasteiger partial charge in [-0.15, -0.1) is 0 Å². The maximum Gasteiger partial charge on any atom is 0.332 e. The smallest absolute Gasteiger partial charge is 0.332 e. The van der Waals surface area contributed by atoms with Crippen LogP contribution in [0.3, 0.4) is 0 Å². The molecule has 0 spiro atoms.